The molecule has 0 saturated carbocycles. The number of hydrogen-bond donors (Lipinski definition) is 0. The van der Waals surface area contributed by atoms with Crippen molar-refractivity contribution in [1.29, 1.82) is 0 Å². The van der Waals surface area contributed by atoms with Crippen LogP contribution in [0, 0.1) is 22.9 Å². The fourth-order valence-corrected chi connectivity index (χ4v) is 1.42. The second-order valence-electron chi connectivity index (χ2n) is 3.79. The fraction of sp³-hybridized carbons (Fsp3) is 0.308. The number of ether oxygens (including phenoxy) is 2. The molecule has 0 spiro atoms. The summed E-state index contributed by atoms with van der Waals surface area (Å²) >= 11 is 0. The number of aryl methyl sites for hydroxylation is 1. The van der Waals surface area contributed by atoms with Crippen molar-refractivity contribution in [2.24, 2.45) is 0 Å². The number of nitro benzene ring substituents is 1. The van der Waals surface area contributed by atoms with Crippen LogP contribution < -0.4 is 4.74 Å². The first kappa shape index (κ1) is 15.6. The highest BCUT2D eigenvalue weighted by molar-refractivity contribution is 5.81. The molecule has 0 fully saturated rings. The molecular weight excluding hydrogens is 269 g/mol. The summed E-state index contributed by atoms with van der Waals surface area (Å²) in [6, 6.07) is 2.05. The number of hydrogen-bond acceptors (Lipinski definition) is 5. The van der Waals surface area contributed by atoms with E-state index in [-0.39, 0.29) is 24.7 Å². The van der Waals surface area contributed by atoms with Gasteiger partial charge in [-0.15, -0.1) is 0 Å². The molecule has 20 heavy (non-hydrogen) atoms. The van der Waals surface area contributed by atoms with Crippen LogP contribution in [0.25, 0.3) is 0 Å². The van der Waals surface area contributed by atoms with Gasteiger partial charge in [0.05, 0.1) is 17.6 Å². The minimum Gasteiger partial charge on any atom is -0.486 e. The van der Waals surface area contributed by atoms with Crippen molar-refractivity contribution in [1.82, 2.24) is 0 Å². The molecule has 0 bridgehead atoms. The third-order valence-corrected chi connectivity index (χ3v) is 2.32. The second-order valence-corrected chi connectivity index (χ2v) is 3.79. The summed E-state index contributed by atoms with van der Waals surface area (Å²) in [5.41, 5.74) is -0.0160. The highest BCUT2D eigenvalue weighted by Crippen LogP contribution is 2.26. The van der Waals surface area contributed by atoms with Crippen molar-refractivity contribution in [3.05, 3.63) is 45.8 Å². The van der Waals surface area contributed by atoms with E-state index in [1.54, 1.807) is 6.92 Å². The Morgan fingerprint density at radius 1 is 1.50 bits per heavy atom. The van der Waals surface area contributed by atoms with Crippen LogP contribution in [0.3, 0.4) is 0 Å². The first-order chi connectivity index (χ1) is 9.45. The molecule has 0 unspecified atom stereocenters. The molecule has 0 amide bonds. The Bertz CT molecular complexity index is 542. The number of nitrogens with zero attached hydrogens (tertiary/aromatic N) is 1. The number of esters is 1. The molecule has 108 valence electrons. The Labute approximate surface area is 115 Å². The topological polar surface area (TPSA) is 78.7 Å². The van der Waals surface area contributed by atoms with Gasteiger partial charge in [-0.25, -0.2) is 9.18 Å². The van der Waals surface area contributed by atoms with Crippen LogP contribution >= 0.6 is 0 Å². The third-order valence-electron chi connectivity index (χ3n) is 2.32. The Morgan fingerprint density at radius 3 is 2.80 bits per heavy atom. The molecule has 0 aliphatic heterocycles. The lowest BCUT2D eigenvalue weighted by Gasteiger charge is -2.06. The molecule has 6 nitrogen and oxygen atoms in total. The Morgan fingerprint density at radius 2 is 2.20 bits per heavy atom. The van der Waals surface area contributed by atoms with Crippen LogP contribution in [-0.4, -0.2) is 24.1 Å². The summed E-state index contributed by atoms with van der Waals surface area (Å²) in [5.74, 6) is -1.45. The van der Waals surface area contributed by atoms with Gasteiger partial charge in [-0.05, 0) is 26.0 Å². The lowest BCUT2D eigenvalue weighted by atomic mass is 10.2. The minimum atomic E-state index is -0.827. The van der Waals surface area contributed by atoms with Crippen LogP contribution in [0.4, 0.5) is 10.1 Å². The lowest BCUT2D eigenvalue weighted by molar-refractivity contribution is -0.385. The molecule has 1 rings (SSSR count). The third kappa shape index (κ3) is 4.34. The Kier molecular flexibility index (Phi) is 5.64. The summed E-state index contributed by atoms with van der Waals surface area (Å²) in [6.45, 7) is 3.38. The van der Waals surface area contributed by atoms with Gasteiger partial charge in [0.15, 0.2) is 11.6 Å². The molecule has 0 aliphatic rings. The van der Waals surface area contributed by atoms with Crippen LogP contribution in [0.1, 0.15) is 12.5 Å². The predicted octanol–water partition coefficient (Wildman–Crippen LogP) is 2.54. The van der Waals surface area contributed by atoms with E-state index in [1.165, 1.54) is 25.1 Å². The van der Waals surface area contributed by atoms with Crippen LogP contribution in [-0.2, 0) is 9.53 Å². The van der Waals surface area contributed by atoms with Crippen molar-refractivity contribution in [3.8, 4) is 5.75 Å². The molecule has 7 heteroatoms. The minimum absolute atomic E-state index is 0.0486. The molecule has 1 aromatic rings. The largest absolute Gasteiger partial charge is 0.486 e. The maximum absolute atomic E-state index is 13.6. The van der Waals surface area contributed by atoms with Gasteiger partial charge in [0, 0.05) is 11.6 Å². The van der Waals surface area contributed by atoms with E-state index >= 15 is 0 Å². The van der Waals surface area contributed by atoms with E-state index in [1.807, 2.05) is 0 Å². The SMILES string of the molecule is CCOC(=O)/C=C/COc1cc(C)c([N+](=O)[O-])cc1F. The Hall–Kier alpha value is -2.44. The first-order valence-corrected chi connectivity index (χ1v) is 5.86. The summed E-state index contributed by atoms with van der Waals surface area (Å²) in [5, 5.41) is 10.6. The first-order valence-electron chi connectivity index (χ1n) is 5.86. The normalized spacial score (nSPS) is 10.6. The van der Waals surface area contributed by atoms with Gasteiger partial charge in [0.1, 0.15) is 6.61 Å². The Balaban J connectivity index is 2.68. The monoisotopic (exact) mass is 283 g/mol. The van der Waals surface area contributed by atoms with E-state index in [0.717, 1.165) is 6.07 Å². The number of nitro groups is 1. The zero-order valence-electron chi connectivity index (χ0n) is 11.1. The molecule has 0 aliphatic carbocycles. The van der Waals surface area contributed by atoms with Crippen molar-refractivity contribution in [3.63, 3.8) is 0 Å². The van der Waals surface area contributed by atoms with Gasteiger partial charge in [0.25, 0.3) is 5.69 Å². The number of halogens is 1. The number of carbonyl (C=O) groups is 1. The summed E-state index contributed by atoms with van der Waals surface area (Å²) in [6.07, 6.45) is 2.54. The average Bonchev–Trinajstić information content (AvgIpc) is 2.38. The fourth-order valence-electron chi connectivity index (χ4n) is 1.42. The van der Waals surface area contributed by atoms with E-state index in [0.29, 0.717) is 5.56 Å². The zero-order chi connectivity index (χ0) is 15.1. The maximum atomic E-state index is 13.6. The van der Waals surface area contributed by atoms with E-state index in [9.17, 15) is 19.3 Å². The van der Waals surface area contributed by atoms with Gasteiger partial charge in [-0.2, -0.15) is 0 Å². The second kappa shape index (κ2) is 7.22. The molecule has 0 radical (unpaired) electrons. The number of rotatable bonds is 6. The van der Waals surface area contributed by atoms with E-state index < -0.39 is 16.7 Å². The molecule has 0 N–H and O–H groups in total. The van der Waals surface area contributed by atoms with E-state index in [4.69, 9.17) is 4.74 Å². The smallest absolute Gasteiger partial charge is 0.330 e. The van der Waals surface area contributed by atoms with E-state index in [2.05, 4.69) is 4.74 Å². The van der Waals surface area contributed by atoms with Crippen LogP contribution in [0.2, 0.25) is 0 Å². The van der Waals surface area contributed by atoms with Crippen molar-refractivity contribution in [2.45, 2.75) is 13.8 Å². The molecule has 1 aromatic carbocycles. The van der Waals surface area contributed by atoms with Gasteiger partial charge >= 0.3 is 5.97 Å². The molecule has 0 aromatic heterocycles. The standard InChI is InChI=1S/C13H14FNO5/c1-3-19-13(16)5-4-6-20-12-7-9(2)11(15(17)18)8-10(12)14/h4-5,7-8H,3,6H2,1-2H3/b5-4+. The van der Waals surface area contributed by atoms with Crippen LogP contribution in [0.15, 0.2) is 24.3 Å². The molecule has 0 saturated heterocycles. The lowest BCUT2D eigenvalue weighted by Crippen LogP contribution is -2.02. The molecule has 0 atom stereocenters. The van der Waals surface area contributed by atoms with Gasteiger partial charge in [0.2, 0.25) is 0 Å². The van der Waals surface area contributed by atoms with Gasteiger partial charge in [-0.3, -0.25) is 10.1 Å². The number of benzene rings is 1. The van der Waals surface area contributed by atoms with Gasteiger partial charge < -0.3 is 9.47 Å². The molecule has 0 heterocycles. The maximum Gasteiger partial charge on any atom is 0.330 e. The van der Waals surface area contributed by atoms with Gasteiger partial charge in [-0.1, -0.05) is 0 Å². The average molecular weight is 283 g/mol. The van der Waals surface area contributed by atoms with Crippen molar-refractivity contribution in [2.75, 3.05) is 13.2 Å². The number of carbonyl (C=O) groups excluding carboxylic acids is 1. The van der Waals surface area contributed by atoms with Crippen molar-refractivity contribution >= 4 is 11.7 Å². The summed E-state index contributed by atoms with van der Waals surface area (Å²) in [4.78, 5) is 20.9. The molecular formula is C13H14FNO5. The predicted molar refractivity (Wildman–Crippen MR) is 69.1 cm³/mol. The quantitative estimate of drug-likeness (QED) is 0.347. The van der Waals surface area contributed by atoms with Crippen LogP contribution in [0.5, 0.6) is 5.75 Å². The highest BCUT2D eigenvalue weighted by Gasteiger charge is 2.15. The summed E-state index contributed by atoms with van der Waals surface area (Å²) < 4.78 is 23.3. The van der Waals surface area contributed by atoms with Crippen molar-refractivity contribution < 1.29 is 23.6 Å². The summed E-state index contributed by atoms with van der Waals surface area (Å²) in [7, 11) is 0. The zero-order valence-corrected chi connectivity index (χ0v) is 11.1. The highest BCUT2D eigenvalue weighted by atomic mass is 19.1.